The van der Waals surface area contributed by atoms with Gasteiger partial charge in [-0.25, -0.2) is 0 Å². The van der Waals surface area contributed by atoms with Crippen LogP contribution in [0.15, 0.2) is 24.3 Å². The van der Waals surface area contributed by atoms with Crippen LogP contribution in [0.4, 0.5) is 0 Å². The molecule has 0 saturated carbocycles. The maximum absolute atomic E-state index is 12.5. The van der Waals surface area contributed by atoms with Gasteiger partial charge in [-0.3, -0.25) is 9.59 Å². The van der Waals surface area contributed by atoms with E-state index in [0.717, 1.165) is 57.8 Å². The molecule has 0 saturated heterocycles. The van der Waals surface area contributed by atoms with Gasteiger partial charge in [-0.05, 0) is 77.0 Å². The van der Waals surface area contributed by atoms with Crippen LogP contribution in [0.5, 0.6) is 0 Å². The minimum Gasteiger partial charge on any atom is -0.466 e. The number of carbonyl (C=O) groups is 2. The summed E-state index contributed by atoms with van der Waals surface area (Å²) in [5.74, 6) is -0.0435. The fraction of sp³-hybridized carbons (Fsp3) is 0.908. The van der Waals surface area contributed by atoms with Gasteiger partial charge in [0.1, 0.15) is 0 Å². The van der Waals surface area contributed by atoms with Gasteiger partial charge in [-0.2, -0.15) is 0 Å². The highest BCUT2D eigenvalue weighted by Crippen LogP contribution is 2.18. The van der Waals surface area contributed by atoms with Gasteiger partial charge in [-0.15, -0.1) is 0 Å². The fourth-order valence-electron chi connectivity index (χ4n) is 10.0. The van der Waals surface area contributed by atoms with E-state index >= 15 is 0 Å². The van der Waals surface area contributed by atoms with Gasteiger partial charge in [0, 0.05) is 12.8 Å². The molecule has 3 N–H and O–H groups in total. The summed E-state index contributed by atoms with van der Waals surface area (Å²) >= 11 is 0. The molecule has 1 amide bonds. The molecule has 0 aliphatic heterocycles. The molecule has 0 rings (SSSR count). The van der Waals surface area contributed by atoms with E-state index in [2.05, 4.69) is 43.5 Å². The summed E-state index contributed by atoms with van der Waals surface area (Å²) in [5, 5.41) is 23.3. The Labute approximate surface area is 443 Å². The fourth-order valence-corrected chi connectivity index (χ4v) is 10.0. The molecule has 6 nitrogen and oxygen atoms in total. The summed E-state index contributed by atoms with van der Waals surface area (Å²) < 4.78 is 5.50. The number of unbranched alkanes of at least 4 members (excludes halogenated alkanes) is 45. The highest BCUT2D eigenvalue weighted by atomic mass is 16.5. The molecular formula is C65H125NO5. The van der Waals surface area contributed by atoms with Crippen LogP contribution in [0.2, 0.25) is 0 Å². The van der Waals surface area contributed by atoms with E-state index in [0.29, 0.717) is 25.9 Å². The Morgan fingerprint density at radius 1 is 0.380 bits per heavy atom. The number of ether oxygens (including phenoxy) is 1. The number of nitrogens with one attached hydrogen (secondary N) is 1. The molecule has 0 radical (unpaired) electrons. The van der Waals surface area contributed by atoms with Gasteiger partial charge in [0.2, 0.25) is 5.91 Å². The lowest BCUT2D eigenvalue weighted by molar-refractivity contribution is -0.143. The van der Waals surface area contributed by atoms with Gasteiger partial charge >= 0.3 is 5.97 Å². The molecule has 6 heteroatoms. The van der Waals surface area contributed by atoms with Crippen LogP contribution in [0.3, 0.4) is 0 Å². The summed E-state index contributed by atoms with van der Waals surface area (Å²) in [5.41, 5.74) is 0. The van der Waals surface area contributed by atoms with Crippen LogP contribution in [-0.2, 0) is 14.3 Å². The molecule has 0 aliphatic carbocycles. The van der Waals surface area contributed by atoms with Gasteiger partial charge in [0.25, 0.3) is 0 Å². The Kier molecular flexibility index (Phi) is 59.5. The lowest BCUT2D eigenvalue weighted by Gasteiger charge is -2.22. The average molecular weight is 1000 g/mol. The molecule has 0 aromatic rings. The van der Waals surface area contributed by atoms with Gasteiger partial charge in [-0.1, -0.05) is 289 Å². The predicted octanol–water partition coefficient (Wildman–Crippen LogP) is 20.2. The first-order valence-corrected chi connectivity index (χ1v) is 32.1. The zero-order chi connectivity index (χ0) is 51.4. The van der Waals surface area contributed by atoms with E-state index < -0.39 is 12.1 Å². The Balaban J connectivity index is 3.42. The summed E-state index contributed by atoms with van der Waals surface area (Å²) in [4.78, 5) is 24.6. The number of esters is 1. The average Bonchev–Trinajstić information content (AvgIpc) is 3.37. The van der Waals surface area contributed by atoms with E-state index in [1.54, 1.807) is 0 Å². The van der Waals surface area contributed by atoms with Crippen molar-refractivity contribution >= 4 is 11.9 Å². The van der Waals surface area contributed by atoms with Crippen molar-refractivity contribution in [1.29, 1.82) is 0 Å². The lowest BCUT2D eigenvalue weighted by Crippen LogP contribution is -2.45. The van der Waals surface area contributed by atoms with Crippen LogP contribution in [0.1, 0.15) is 354 Å². The zero-order valence-corrected chi connectivity index (χ0v) is 48.0. The van der Waals surface area contributed by atoms with Crippen molar-refractivity contribution in [3.05, 3.63) is 24.3 Å². The summed E-state index contributed by atoms with van der Waals surface area (Å²) in [7, 11) is 0. The SMILES string of the molecule is CCCCCCCC/C=C\CCCCCCCCCCCC(=O)OCCCCCCCCCCC/C=C\CCCCCCCC(=O)NC(CO)C(O)CCCCCCCCCCCCCCCCCCC. The maximum Gasteiger partial charge on any atom is 0.305 e. The minimum atomic E-state index is -0.673. The quantitative estimate of drug-likeness (QED) is 0.0320. The van der Waals surface area contributed by atoms with E-state index in [-0.39, 0.29) is 18.5 Å². The molecule has 2 unspecified atom stereocenters. The molecule has 71 heavy (non-hydrogen) atoms. The van der Waals surface area contributed by atoms with Crippen LogP contribution in [0.25, 0.3) is 0 Å². The number of aliphatic hydroxyl groups excluding tert-OH is 2. The summed E-state index contributed by atoms with van der Waals surface area (Å²) in [6.45, 7) is 4.96. The highest BCUT2D eigenvalue weighted by Gasteiger charge is 2.20. The molecule has 0 heterocycles. The smallest absolute Gasteiger partial charge is 0.305 e. The molecule has 0 aromatic heterocycles. The number of amides is 1. The third kappa shape index (κ3) is 57.5. The van der Waals surface area contributed by atoms with Gasteiger partial charge in [0.15, 0.2) is 0 Å². The minimum absolute atomic E-state index is 0.00324. The topological polar surface area (TPSA) is 95.9 Å². The Bertz CT molecular complexity index is 1110. The maximum atomic E-state index is 12.5. The van der Waals surface area contributed by atoms with Crippen molar-refractivity contribution < 1.29 is 24.5 Å². The van der Waals surface area contributed by atoms with Crippen LogP contribution in [0, 0.1) is 0 Å². The van der Waals surface area contributed by atoms with Crippen molar-refractivity contribution in [2.75, 3.05) is 13.2 Å². The van der Waals surface area contributed by atoms with E-state index in [9.17, 15) is 19.8 Å². The van der Waals surface area contributed by atoms with Crippen molar-refractivity contribution in [2.24, 2.45) is 0 Å². The van der Waals surface area contributed by atoms with Gasteiger partial charge in [0.05, 0.1) is 25.4 Å². The second-order valence-electron chi connectivity index (χ2n) is 22.1. The first-order chi connectivity index (χ1) is 35.0. The Morgan fingerprint density at radius 3 is 1.00 bits per heavy atom. The first kappa shape index (κ1) is 69.3. The second kappa shape index (κ2) is 60.9. The number of allylic oxidation sites excluding steroid dienone is 4. The monoisotopic (exact) mass is 1000 g/mol. The second-order valence-corrected chi connectivity index (χ2v) is 22.1. The third-order valence-electron chi connectivity index (χ3n) is 15.0. The Hall–Kier alpha value is -1.66. The molecule has 2 atom stereocenters. The standard InChI is InChI=1S/C65H125NO5/c1-3-5-7-9-11-13-15-17-19-21-22-27-31-35-39-43-47-51-55-59-65(70)71-60-56-52-48-44-40-36-32-28-24-23-26-30-34-38-42-46-50-54-58-64(69)66-62(61-67)63(68)57-53-49-45-41-37-33-29-25-20-18-16-14-12-10-8-6-4-2/h17,19,26,30,62-63,67-68H,3-16,18,20-25,27-29,31-61H2,1-2H3,(H,66,69)/b19-17-,30-26-. The summed E-state index contributed by atoms with van der Waals surface area (Å²) in [6, 6.07) is -0.552. The predicted molar refractivity (Wildman–Crippen MR) is 310 cm³/mol. The molecular weight excluding hydrogens is 875 g/mol. The Morgan fingerprint density at radius 2 is 0.662 bits per heavy atom. The van der Waals surface area contributed by atoms with Crippen molar-refractivity contribution in [1.82, 2.24) is 5.32 Å². The molecule has 0 aliphatic rings. The molecule has 0 aromatic carbocycles. The lowest BCUT2D eigenvalue weighted by atomic mass is 10.0. The first-order valence-electron chi connectivity index (χ1n) is 32.1. The number of hydrogen-bond acceptors (Lipinski definition) is 5. The highest BCUT2D eigenvalue weighted by molar-refractivity contribution is 5.76. The van der Waals surface area contributed by atoms with E-state index in [1.165, 1.54) is 263 Å². The molecule has 0 spiro atoms. The molecule has 0 fully saturated rings. The number of hydrogen-bond donors (Lipinski definition) is 3. The van der Waals surface area contributed by atoms with Crippen molar-refractivity contribution in [3.63, 3.8) is 0 Å². The van der Waals surface area contributed by atoms with Crippen molar-refractivity contribution in [2.45, 2.75) is 366 Å². The van der Waals surface area contributed by atoms with Gasteiger partial charge < -0.3 is 20.3 Å². The number of rotatable bonds is 60. The molecule has 0 bridgehead atoms. The zero-order valence-electron chi connectivity index (χ0n) is 48.0. The number of carbonyl (C=O) groups excluding carboxylic acids is 2. The summed E-state index contributed by atoms with van der Waals surface area (Å²) in [6.07, 6.45) is 74.7. The van der Waals surface area contributed by atoms with Crippen LogP contribution < -0.4 is 5.32 Å². The van der Waals surface area contributed by atoms with E-state index in [4.69, 9.17) is 4.74 Å². The molecule has 420 valence electrons. The van der Waals surface area contributed by atoms with E-state index in [1.807, 2.05) is 0 Å². The normalized spacial score (nSPS) is 12.7. The number of aliphatic hydroxyl groups is 2. The third-order valence-corrected chi connectivity index (χ3v) is 15.0. The largest absolute Gasteiger partial charge is 0.466 e. The van der Waals surface area contributed by atoms with Crippen LogP contribution in [-0.4, -0.2) is 47.4 Å². The van der Waals surface area contributed by atoms with Crippen molar-refractivity contribution in [3.8, 4) is 0 Å². The van der Waals surface area contributed by atoms with Crippen LogP contribution >= 0.6 is 0 Å².